The van der Waals surface area contributed by atoms with Crippen LogP contribution >= 0.6 is 11.3 Å². The van der Waals surface area contributed by atoms with Gasteiger partial charge in [-0.3, -0.25) is 4.31 Å². The highest BCUT2D eigenvalue weighted by molar-refractivity contribution is 7.93. The fraction of sp³-hybridized carbons (Fsp3) is 0.231. The van der Waals surface area contributed by atoms with Gasteiger partial charge in [-0.2, -0.15) is 0 Å². The van der Waals surface area contributed by atoms with Crippen LogP contribution < -0.4 is 4.31 Å². The van der Waals surface area contributed by atoms with E-state index in [0.717, 1.165) is 15.6 Å². The van der Waals surface area contributed by atoms with E-state index >= 15 is 0 Å². The van der Waals surface area contributed by atoms with E-state index in [4.69, 9.17) is 0 Å². The second-order valence-corrected chi connectivity index (χ2v) is 6.82. The maximum atomic E-state index is 13.8. The first-order chi connectivity index (χ1) is 9.52. The highest BCUT2D eigenvalue weighted by atomic mass is 32.2. The second kappa shape index (κ2) is 5.90. The molecule has 1 aromatic heterocycles. The second-order valence-electron chi connectivity index (χ2n) is 3.99. The number of aliphatic hydroxyl groups is 1. The first-order valence-electron chi connectivity index (χ1n) is 5.96. The molecule has 2 aromatic rings. The van der Waals surface area contributed by atoms with E-state index in [-0.39, 0.29) is 23.7 Å². The van der Waals surface area contributed by atoms with Crippen LogP contribution in [0.2, 0.25) is 0 Å². The third-order valence-electron chi connectivity index (χ3n) is 2.82. The number of rotatable bonds is 5. The molecule has 0 aliphatic heterocycles. The molecule has 0 atom stereocenters. The molecule has 0 aliphatic rings. The maximum Gasteiger partial charge on any atom is 0.265 e. The van der Waals surface area contributed by atoms with E-state index in [2.05, 4.69) is 0 Å². The van der Waals surface area contributed by atoms with E-state index in [1.54, 1.807) is 18.4 Å². The van der Waals surface area contributed by atoms with Crippen LogP contribution in [0.4, 0.5) is 10.1 Å². The van der Waals surface area contributed by atoms with Crippen molar-refractivity contribution in [2.45, 2.75) is 18.4 Å². The third kappa shape index (κ3) is 2.56. The van der Waals surface area contributed by atoms with Gasteiger partial charge in [-0.05, 0) is 30.5 Å². The Morgan fingerprint density at radius 2 is 2.00 bits per heavy atom. The van der Waals surface area contributed by atoms with Crippen LogP contribution in [0.5, 0.6) is 0 Å². The van der Waals surface area contributed by atoms with Crippen molar-refractivity contribution in [2.75, 3.05) is 10.8 Å². The molecular weight excluding hydrogens is 301 g/mol. The summed E-state index contributed by atoms with van der Waals surface area (Å²) in [5.41, 5.74) is 0.00471. The summed E-state index contributed by atoms with van der Waals surface area (Å²) in [6, 6.07) is 7.14. The molecule has 7 heteroatoms. The van der Waals surface area contributed by atoms with Crippen molar-refractivity contribution in [2.24, 2.45) is 0 Å². The Morgan fingerprint density at radius 3 is 2.60 bits per heavy atom. The molecular formula is C13H14FNO3S2. The van der Waals surface area contributed by atoms with E-state index in [1.165, 1.54) is 24.3 Å². The Morgan fingerprint density at radius 1 is 1.30 bits per heavy atom. The minimum Gasteiger partial charge on any atom is -0.391 e. The maximum absolute atomic E-state index is 13.8. The van der Waals surface area contributed by atoms with Crippen LogP contribution in [0, 0.1) is 5.82 Å². The first-order valence-corrected chi connectivity index (χ1v) is 8.28. The summed E-state index contributed by atoms with van der Waals surface area (Å²) in [6.45, 7) is 1.38. The Bertz CT molecular complexity index is 697. The molecule has 20 heavy (non-hydrogen) atoms. The lowest BCUT2D eigenvalue weighted by Gasteiger charge is -2.23. The van der Waals surface area contributed by atoms with Gasteiger partial charge < -0.3 is 5.11 Å². The fourth-order valence-corrected chi connectivity index (χ4v) is 4.67. The zero-order chi connectivity index (χ0) is 14.8. The summed E-state index contributed by atoms with van der Waals surface area (Å²) in [6.07, 6.45) is 0. The summed E-state index contributed by atoms with van der Waals surface area (Å²) in [5, 5.41) is 10.8. The van der Waals surface area contributed by atoms with Crippen LogP contribution in [-0.4, -0.2) is 20.1 Å². The van der Waals surface area contributed by atoms with Gasteiger partial charge in [0.05, 0.1) is 17.2 Å². The van der Waals surface area contributed by atoms with Crippen LogP contribution in [0.3, 0.4) is 0 Å². The quantitative estimate of drug-likeness (QED) is 0.922. The lowest BCUT2D eigenvalue weighted by Crippen LogP contribution is -2.31. The van der Waals surface area contributed by atoms with Crippen LogP contribution in [0.1, 0.15) is 11.8 Å². The van der Waals surface area contributed by atoms with Gasteiger partial charge in [0.25, 0.3) is 10.0 Å². The molecule has 4 nitrogen and oxygen atoms in total. The molecule has 0 bridgehead atoms. The van der Waals surface area contributed by atoms with Crippen LogP contribution in [-0.2, 0) is 16.6 Å². The Labute approximate surface area is 121 Å². The molecule has 0 aliphatic carbocycles. The van der Waals surface area contributed by atoms with Gasteiger partial charge >= 0.3 is 0 Å². The molecule has 0 radical (unpaired) electrons. The molecule has 0 saturated heterocycles. The average molecular weight is 315 g/mol. The topological polar surface area (TPSA) is 57.6 Å². The molecule has 1 aromatic carbocycles. The fourth-order valence-electron chi connectivity index (χ4n) is 1.92. The van der Waals surface area contributed by atoms with Gasteiger partial charge in [-0.15, -0.1) is 11.3 Å². The lowest BCUT2D eigenvalue weighted by molar-refractivity contribution is 0.282. The summed E-state index contributed by atoms with van der Waals surface area (Å²) in [7, 11) is -3.88. The number of thiophene rings is 1. The number of aliphatic hydroxyl groups excluding tert-OH is 1. The van der Waals surface area contributed by atoms with Crippen molar-refractivity contribution in [3.63, 3.8) is 0 Å². The number of benzene rings is 1. The molecule has 0 spiro atoms. The van der Waals surface area contributed by atoms with E-state index < -0.39 is 15.8 Å². The molecule has 1 heterocycles. The lowest BCUT2D eigenvalue weighted by atomic mass is 10.3. The number of para-hydroxylation sites is 1. The van der Waals surface area contributed by atoms with Gasteiger partial charge in [0.1, 0.15) is 10.7 Å². The van der Waals surface area contributed by atoms with Gasteiger partial charge in [-0.1, -0.05) is 12.1 Å². The Kier molecular flexibility index (Phi) is 4.42. The zero-order valence-electron chi connectivity index (χ0n) is 10.8. The monoisotopic (exact) mass is 315 g/mol. The standard InChI is InChI=1S/C13H14FNO3S2/c1-2-15(11-6-4-3-5-10(11)14)20(17,18)13-7-8-19-12(13)9-16/h3-8,16H,2,9H2,1H3. The van der Waals surface area contributed by atoms with Crippen molar-refractivity contribution >= 4 is 27.0 Å². The van der Waals surface area contributed by atoms with Crippen molar-refractivity contribution in [1.82, 2.24) is 0 Å². The summed E-state index contributed by atoms with van der Waals surface area (Å²) < 4.78 is 40.1. The van der Waals surface area contributed by atoms with Gasteiger partial charge in [0.2, 0.25) is 0 Å². The largest absolute Gasteiger partial charge is 0.391 e. The van der Waals surface area contributed by atoms with Crippen molar-refractivity contribution in [3.8, 4) is 0 Å². The SMILES string of the molecule is CCN(c1ccccc1F)S(=O)(=O)c1ccsc1CO. The Balaban J connectivity index is 2.54. The summed E-state index contributed by atoms with van der Waals surface area (Å²) in [5.74, 6) is -0.598. The van der Waals surface area contributed by atoms with Gasteiger partial charge in [-0.25, -0.2) is 12.8 Å². The predicted octanol–water partition coefficient (Wildman–Crippen LogP) is 2.59. The summed E-state index contributed by atoms with van der Waals surface area (Å²) in [4.78, 5) is 0.370. The zero-order valence-corrected chi connectivity index (χ0v) is 12.4. The molecule has 0 saturated carbocycles. The minimum atomic E-state index is -3.88. The number of sulfonamides is 1. The minimum absolute atomic E-state index is 0.00471. The smallest absolute Gasteiger partial charge is 0.265 e. The predicted molar refractivity (Wildman–Crippen MR) is 76.8 cm³/mol. The van der Waals surface area contributed by atoms with Gasteiger partial charge in [0.15, 0.2) is 0 Å². The van der Waals surface area contributed by atoms with Crippen molar-refractivity contribution < 1.29 is 17.9 Å². The Hall–Kier alpha value is -1.44. The molecule has 0 fully saturated rings. The molecule has 0 amide bonds. The first kappa shape index (κ1) is 15.0. The molecule has 2 rings (SSSR count). The van der Waals surface area contributed by atoms with Gasteiger partial charge in [0, 0.05) is 6.54 Å². The van der Waals surface area contributed by atoms with E-state index in [0.29, 0.717) is 4.88 Å². The van der Waals surface area contributed by atoms with Crippen LogP contribution in [0.15, 0.2) is 40.6 Å². The highest BCUT2D eigenvalue weighted by Gasteiger charge is 2.28. The third-order valence-corrected chi connectivity index (χ3v) is 5.83. The number of hydrogen-bond donors (Lipinski definition) is 1. The highest BCUT2D eigenvalue weighted by Crippen LogP contribution is 2.30. The molecule has 1 N–H and O–H groups in total. The van der Waals surface area contributed by atoms with Crippen LogP contribution in [0.25, 0.3) is 0 Å². The van der Waals surface area contributed by atoms with E-state index in [1.807, 2.05) is 0 Å². The number of halogens is 1. The molecule has 108 valence electrons. The average Bonchev–Trinajstić information content (AvgIpc) is 2.90. The number of hydrogen-bond acceptors (Lipinski definition) is 4. The summed E-state index contributed by atoms with van der Waals surface area (Å²) >= 11 is 1.15. The number of nitrogens with zero attached hydrogens (tertiary/aromatic N) is 1. The number of anilines is 1. The van der Waals surface area contributed by atoms with E-state index in [9.17, 15) is 17.9 Å². The van der Waals surface area contributed by atoms with Crippen molar-refractivity contribution in [3.05, 3.63) is 46.4 Å². The van der Waals surface area contributed by atoms with Crippen molar-refractivity contribution in [1.29, 1.82) is 0 Å². The molecule has 0 unspecified atom stereocenters. The normalized spacial score (nSPS) is 11.6.